The summed E-state index contributed by atoms with van der Waals surface area (Å²) in [7, 11) is 0. The van der Waals surface area contributed by atoms with Gasteiger partial charge in [0, 0.05) is 11.8 Å². The Hall–Kier alpha value is -0.420. The molecule has 0 radical (unpaired) electrons. The fraction of sp³-hybridized carbons (Fsp3) is 0.462. The van der Waals surface area contributed by atoms with E-state index >= 15 is 0 Å². The Morgan fingerprint density at radius 3 is 2.58 bits per heavy atom. The Kier molecular flexibility index (Phi) is 7.61. The van der Waals surface area contributed by atoms with Gasteiger partial charge in [0.15, 0.2) is 0 Å². The molecule has 0 aliphatic rings. The molecule has 6 heteroatoms. The van der Waals surface area contributed by atoms with Gasteiger partial charge < -0.3 is 10.6 Å². The predicted molar refractivity (Wildman–Crippen MR) is 85.6 cm³/mol. The van der Waals surface area contributed by atoms with Crippen molar-refractivity contribution >= 4 is 46.6 Å². The second kappa shape index (κ2) is 8.69. The van der Waals surface area contributed by atoms with E-state index in [1.54, 1.807) is 18.2 Å². The molecule has 0 aromatic heterocycles. The van der Waals surface area contributed by atoms with Crippen molar-refractivity contribution in [1.82, 2.24) is 5.32 Å². The maximum atomic E-state index is 11.8. The normalized spacial score (nSPS) is 12.2. The van der Waals surface area contributed by atoms with Crippen LogP contribution in [-0.2, 0) is 4.79 Å². The first-order chi connectivity index (χ1) is 9.04. The van der Waals surface area contributed by atoms with Crippen molar-refractivity contribution in [3.05, 3.63) is 28.2 Å². The van der Waals surface area contributed by atoms with Crippen molar-refractivity contribution in [1.29, 1.82) is 0 Å². The van der Waals surface area contributed by atoms with E-state index in [0.29, 0.717) is 15.7 Å². The van der Waals surface area contributed by atoms with Crippen molar-refractivity contribution < 1.29 is 4.79 Å². The minimum absolute atomic E-state index is 0.150. The van der Waals surface area contributed by atoms with Crippen LogP contribution < -0.4 is 10.6 Å². The molecule has 0 aliphatic heterocycles. The van der Waals surface area contributed by atoms with Gasteiger partial charge in [-0.25, -0.2) is 0 Å². The number of carbonyl (C=O) groups is 1. The lowest BCUT2D eigenvalue weighted by molar-refractivity contribution is -0.115. The number of rotatable bonds is 7. The highest BCUT2D eigenvalue weighted by Gasteiger charge is 2.10. The molecule has 0 aliphatic carbocycles. The molecule has 0 heterocycles. The molecule has 106 valence electrons. The number of hydrogen-bond acceptors (Lipinski definition) is 3. The van der Waals surface area contributed by atoms with E-state index in [1.165, 1.54) is 0 Å². The van der Waals surface area contributed by atoms with Crippen molar-refractivity contribution in [2.24, 2.45) is 0 Å². The smallest absolute Gasteiger partial charge is 0.238 e. The molecule has 1 aromatic rings. The predicted octanol–water partition coefficient (Wildman–Crippen LogP) is 3.66. The number of amides is 1. The summed E-state index contributed by atoms with van der Waals surface area (Å²) in [4.78, 5) is 11.8. The summed E-state index contributed by atoms with van der Waals surface area (Å²) < 4.78 is 0. The first kappa shape index (κ1) is 16.6. The van der Waals surface area contributed by atoms with Crippen LogP contribution in [0.25, 0.3) is 0 Å². The van der Waals surface area contributed by atoms with Gasteiger partial charge in [0.05, 0.1) is 22.3 Å². The van der Waals surface area contributed by atoms with Crippen LogP contribution in [0.15, 0.2) is 18.2 Å². The van der Waals surface area contributed by atoms with E-state index in [0.717, 1.165) is 11.5 Å². The third-order valence-corrected chi connectivity index (χ3v) is 4.18. The van der Waals surface area contributed by atoms with Gasteiger partial charge in [-0.1, -0.05) is 36.2 Å². The Morgan fingerprint density at radius 2 is 2.00 bits per heavy atom. The summed E-state index contributed by atoms with van der Waals surface area (Å²) in [6.07, 6.45) is 0. The largest absolute Gasteiger partial charge is 0.322 e. The Labute approximate surface area is 128 Å². The van der Waals surface area contributed by atoms with Gasteiger partial charge in [0.25, 0.3) is 0 Å². The molecule has 1 unspecified atom stereocenters. The highest BCUT2D eigenvalue weighted by molar-refractivity contribution is 7.99. The average Bonchev–Trinajstić information content (AvgIpc) is 2.38. The van der Waals surface area contributed by atoms with Gasteiger partial charge in [0.1, 0.15) is 0 Å². The second-order valence-corrected chi connectivity index (χ2v) is 6.22. The van der Waals surface area contributed by atoms with Gasteiger partial charge in [-0.05, 0) is 24.8 Å². The molecular formula is C13H18Cl2N2OS. The lowest BCUT2D eigenvalue weighted by atomic mass is 10.3. The number of halogens is 2. The molecule has 0 fully saturated rings. The SMILES string of the molecule is CCSCC(C)NCC(=O)Nc1c(Cl)cccc1Cl. The summed E-state index contributed by atoms with van der Waals surface area (Å²) in [5.74, 6) is 1.91. The van der Waals surface area contributed by atoms with Gasteiger partial charge in [-0.3, -0.25) is 4.79 Å². The third-order valence-electron chi connectivity index (χ3n) is 2.41. The zero-order chi connectivity index (χ0) is 14.3. The number of carbonyl (C=O) groups excluding carboxylic acids is 1. The minimum atomic E-state index is -0.150. The quantitative estimate of drug-likeness (QED) is 0.805. The molecule has 3 nitrogen and oxygen atoms in total. The van der Waals surface area contributed by atoms with Crippen molar-refractivity contribution in [2.45, 2.75) is 19.9 Å². The van der Waals surface area contributed by atoms with Crippen LogP contribution in [0.4, 0.5) is 5.69 Å². The molecule has 2 N–H and O–H groups in total. The van der Waals surface area contributed by atoms with Crippen LogP contribution in [0, 0.1) is 0 Å². The number of anilines is 1. The summed E-state index contributed by atoms with van der Waals surface area (Å²) in [6, 6.07) is 5.41. The lowest BCUT2D eigenvalue weighted by Gasteiger charge is -2.14. The number of para-hydroxylation sites is 1. The molecule has 0 spiro atoms. The zero-order valence-electron chi connectivity index (χ0n) is 11.0. The Morgan fingerprint density at radius 1 is 1.37 bits per heavy atom. The van der Waals surface area contributed by atoms with E-state index in [2.05, 4.69) is 24.5 Å². The highest BCUT2D eigenvalue weighted by Crippen LogP contribution is 2.29. The summed E-state index contributed by atoms with van der Waals surface area (Å²) in [5, 5.41) is 6.76. The molecular weight excluding hydrogens is 303 g/mol. The zero-order valence-corrected chi connectivity index (χ0v) is 13.3. The molecule has 0 saturated heterocycles. The maximum Gasteiger partial charge on any atom is 0.238 e. The standard InChI is InChI=1S/C13H18Cl2N2OS/c1-3-19-8-9(2)16-7-12(18)17-13-10(14)5-4-6-11(13)15/h4-6,9,16H,3,7-8H2,1-2H3,(H,17,18). The molecule has 1 amide bonds. The van der Waals surface area contributed by atoms with Crippen LogP contribution in [0.3, 0.4) is 0 Å². The fourth-order valence-corrected chi connectivity index (χ4v) is 2.62. The number of thioether (sulfide) groups is 1. The molecule has 1 aromatic carbocycles. The number of benzene rings is 1. The maximum absolute atomic E-state index is 11.8. The monoisotopic (exact) mass is 320 g/mol. The highest BCUT2D eigenvalue weighted by atomic mass is 35.5. The van der Waals surface area contributed by atoms with Crippen LogP contribution in [0.5, 0.6) is 0 Å². The van der Waals surface area contributed by atoms with Gasteiger partial charge >= 0.3 is 0 Å². The molecule has 0 saturated carbocycles. The van der Waals surface area contributed by atoms with Gasteiger partial charge in [-0.2, -0.15) is 11.8 Å². The number of hydrogen-bond donors (Lipinski definition) is 2. The van der Waals surface area contributed by atoms with Crippen LogP contribution >= 0.6 is 35.0 Å². The van der Waals surface area contributed by atoms with Gasteiger partial charge in [-0.15, -0.1) is 0 Å². The first-order valence-corrected chi connectivity index (χ1v) is 8.00. The number of nitrogens with one attached hydrogen (secondary N) is 2. The van der Waals surface area contributed by atoms with E-state index < -0.39 is 0 Å². The summed E-state index contributed by atoms with van der Waals surface area (Å²) in [5.41, 5.74) is 0.466. The van der Waals surface area contributed by atoms with Crippen molar-refractivity contribution in [3.63, 3.8) is 0 Å². The van der Waals surface area contributed by atoms with Crippen molar-refractivity contribution in [3.8, 4) is 0 Å². The Balaban J connectivity index is 2.43. The minimum Gasteiger partial charge on any atom is -0.322 e. The van der Waals surface area contributed by atoms with Crippen LogP contribution in [0.1, 0.15) is 13.8 Å². The molecule has 1 atom stereocenters. The second-order valence-electron chi connectivity index (χ2n) is 4.09. The average molecular weight is 321 g/mol. The van der Waals surface area contributed by atoms with Crippen LogP contribution in [0.2, 0.25) is 10.0 Å². The molecule has 1 rings (SSSR count). The van der Waals surface area contributed by atoms with Gasteiger partial charge in [0.2, 0.25) is 5.91 Å². The van der Waals surface area contributed by atoms with E-state index in [4.69, 9.17) is 23.2 Å². The van der Waals surface area contributed by atoms with E-state index in [-0.39, 0.29) is 18.5 Å². The molecule has 19 heavy (non-hydrogen) atoms. The third kappa shape index (κ3) is 6.04. The Bertz CT molecular complexity index is 409. The van der Waals surface area contributed by atoms with E-state index in [9.17, 15) is 4.79 Å². The van der Waals surface area contributed by atoms with Crippen LogP contribution in [-0.4, -0.2) is 30.0 Å². The van der Waals surface area contributed by atoms with E-state index in [1.807, 2.05) is 11.8 Å². The lowest BCUT2D eigenvalue weighted by Crippen LogP contribution is -2.35. The summed E-state index contributed by atoms with van der Waals surface area (Å²) in [6.45, 7) is 4.41. The first-order valence-electron chi connectivity index (χ1n) is 6.09. The fourth-order valence-electron chi connectivity index (χ4n) is 1.42. The topological polar surface area (TPSA) is 41.1 Å². The summed E-state index contributed by atoms with van der Waals surface area (Å²) >= 11 is 13.8. The molecule has 0 bridgehead atoms. The van der Waals surface area contributed by atoms with Crippen molar-refractivity contribution in [2.75, 3.05) is 23.4 Å².